The summed E-state index contributed by atoms with van der Waals surface area (Å²) >= 11 is 6.87. The van der Waals surface area contributed by atoms with Crippen LogP contribution < -0.4 is 11.1 Å². The van der Waals surface area contributed by atoms with Gasteiger partial charge < -0.3 is 15.2 Å². The van der Waals surface area contributed by atoms with Crippen molar-refractivity contribution >= 4 is 60.1 Å². The average Bonchev–Trinajstić information content (AvgIpc) is 2.73. The molecule has 27 heavy (non-hydrogen) atoms. The second kappa shape index (κ2) is 7.29. The van der Waals surface area contributed by atoms with Crippen molar-refractivity contribution in [3.05, 3.63) is 64.0 Å². The Kier molecular flexibility index (Phi) is 5.22. The zero-order chi connectivity index (χ0) is 19.9. The molecular weight excluding hydrogens is 510 g/mol. The third-order valence-corrected chi connectivity index (χ3v) is 6.11. The number of nitrogens with zero attached hydrogens (tertiary/aromatic N) is 2. The van der Waals surface area contributed by atoms with Gasteiger partial charge in [0.25, 0.3) is 16.8 Å². The van der Waals surface area contributed by atoms with E-state index in [1.807, 2.05) is 0 Å². The number of hydrogen-bond acceptors (Lipinski definition) is 8. The van der Waals surface area contributed by atoms with E-state index in [0.717, 1.165) is 6.07 Å². The van der Waals surface area contributed by atoms with Crippen molar-refractivity contribution in [2.75, 3.05) is 0 Å². The predicted octanol–water partition coefficient (Wildman–Crippen LogP) is 3.28. The summed E-state index contributed by atoms with van der Waals surface area (Å²) in [5.41, 5.74) is -2.27. The molecule has 1 heterocycles. The number of phenolic OH excluding ortho intramolecular Hbond substituents is 2. The number of hydrogen-bond donors (Lipinski definition) is 3. The molecule has 0 bridgehead atoms. The number of fused-ring (bicyclic) bond motifs is 1. The Balaban J connectivity index is 2.29. The Bertz CT molecular complexity index is 1200. The van der Waals surface area contributed by atoms with E-state index in [1.165, 1.54) is 18.2 Å². The van der Waals surface area contributed by atoms with Crippen molar-refractivity contribution in [3.8, 4) is 11.5 Å². The number of phenols is 2. The number of non-ortho nitro benzene ring substituents is 1. The molecule has 3 aromatic rings. The van der Waals surface area contributed by atoms with Gasteiger partial charge in [-0.15, -0.1) is 0 Å². The van der Waals surface area contributed by atoms with Crippen molar-refractivity contribution in [3.63, 3.8) is 0 Å². The van der Waals surface area contributed by atoms with Crippen LogP contribution in [0.3, 0.4) is 0 Å². The second-order valence-corrected chi connectivity index (χ2v) is 7.75. The fourth-order valence-electron chi connectivity index (χ4n) is 2.27. The number of aromatic nitrogens is 2. The Labute approximate surface area is 170 Å². The first-order chi connectivity index (χ1) is 12.7. The first-order valence-corrected chi connectivity index (χ1v) is 9.40. The number of nitro groups is 1. The molecule has 0 radical (unpaired) electrons. The van der Waals surface area contributed by atoms with Gasteiger partial charge in [0.2, 0.25) is 0 Å². The number of H-pyrrole nitrogens is 1. The first kappa shape index (κ1) is 19.3. The van der Waals surface area contributed by atoms with Gasteiger partial charge in [-0.3, -0.25) is 19.7 Å². The lowest BCUT2D eigenvalue weighted by Crippen LogP contribution is -2.07. The van der Waals surface area contributed by atoms with E-state index in [-0.39, 0.29) is 35.9 Å². The number of nitro benzene ring substituents is 1. The highest BCUT2D eigenvalue weighted by Crippen LogP contribution is 2.46. The Morgan fingerprint density at radius 2 is 1.93 bits per heavy atom. The van der Waals surface area contributed by atoms with Crippen LogP contribution in [0.5, 0.6) is 11.5 Å². The van der Waals surface area contributed by atoms with Gasteiger partial charge in [-0.2, -0.15) is 4.98 Å². The van der Waals surface area contributed by atoms with Gasteiger partial charge in [0.15, 0.2) is 5.16 Å². The van der Waals surface area contributed by atoms with Gasteiger partial charge in [0, 0.05) is 6.07 Å². The maximum atomic E-state index is 12.5. The van der Waals surface area contributed by atoms with Crippen LogP contribution in [0, 0.1) is 10.1 Å². The summed E-state index contributed by atoms with van der Waals surface area (Å²) < 4.78 is 0.293. The zero-order valence-electron chi connectivity index (χ0n) is 12.9. The molecule has 0 unspecified atom stereocenters. The fraction of sp³-hybridized carbons (Fsp3) is 0. The standard InChI is InChI=1S/C15H7Br2N3O6S/c16-6-4-8(21)10(17)12(11(6)22)27-15-18-13(23)5-2-1-3-7(20(25)26)9(5)14(24)19-15/h1-4,21-22H,(H,18,19,23,24). The van der Waals surface area contributed by atoms with Crippen molar-refractivity contribution in [2.24, 2.45) is 0 Å². The number of benzene rings is 2. The smallest absolute Gasteiger partial charge is 0.282 e. The van der Waals surface area contributed by atoms with Crippen molar-refractivity contribution < 1.29 is 15.1 Å². The molecular formula is C15H7Br2N3O6S. The molecule has 0 aliphatic rings. The number of nitrogens with one attached hydrogen (secondary N) is 1. The summed E-state index contributed by atoms with van der Waals surface area (Å²) in [5, 5.41) is 30.4. The first-order valence-electron chi connectivity index (χ1n) is 7.00. The molecule has 3 rings (SSSR count). The van der Waals surface area contributed by atoms with Crippen LogP contribution in [0.2, 0.25) is 0 Å². The van der Waals surface area contributed by atoms with Crippen LogP contribution in [0.4, 0.5) is 5.69 Å². The van der Waals surface area contributed by atoms with E-state index in [1.54, 1.807) is 0 Å². The fourth-order valence-corrected chi connectivity index (χ4v) is 4.23. The van der Waals surface area contributed by atoms with Crippen molar-refractivity contribution in [1.29, 1.82) is 0 Å². The average molecular weight is 517 g/mol. The minimum atomic E-state index is -0.885. The van der Waals surface area contributed by atoms with E-state index in [0.29, 0.717) is 11.8 Å². The molecule has 2 aromatic carbocycles. The number of halogens is 2. The minimum Gasteiger partial charge on any atom is -0.507 e. The molecule has 0 saturated heterocycles. The molecule has 3 N–H and O–H groups in total. The lowest BCUT2D eigenvalue weighted by atomic mass is 10.2. The molecule has 0 spiro atoms. The molecule has 0 amide bonds. The predicted molar refractivity (Wildman–Crippen MR) is 105 cm³/mol. The van der Waals surface area contributed by atoms with Gasteiger partial charge in [0.05, 0.1) is 24.2 Å². The Morgan fingerprint density at radius 1 is 1.22 bits per heavy atom. The molecule has 0 saturated carbocycles. The summed E-state index contributed by atoms with van der Waals surface area (Å²) in [6.07, 6.45) is 0. The van der Waals surface area contributed by atoms with Gasteiger partial charge in [-0.05, 0) is 55.8 Å². The molecule has 9 nitrogen and oxygen atoms in total. The SMILES string of the molecule is O=c1nc(Sc2c(O)c(Br)cc(O)c2Br)[nH]c(=O)c2c([N+](=O)[O-])cccc12. The number of aromatic amines is 1. The van der Waals surface area contributed by atoms with Crippen molar-refractivity contribution in [1.82, 2.24) is 9.97 Å². The summed E-state index contributed by atoms with van der Waals surface area (Å²) in [4.78, 5) is 41.4. The maximum absolute atomic E-state index is 12.5. The van der Waals surface area contributed by atoms with Crippen LogP contribution in [0.1, 0.15) is 0 Å². The third-order valence-electron chi connectivity index (χ3n) is 3.45. The molecule has 0 aliphatic heterocycles. The maximum Gasteiger partial charge on any atom is 0.282 e. The number of rotatable bonds is 3. The normalized spacial score (nSPS) is 10.9. The van der Waals surface area contributed by atoms with Crippen LogP contribution in [-0.2, 0) is 0 Å². The monoisotopic (exact) mass is 515 g/mol. The lowest BCUT2D eigenvalue weighted by molar-refractivity contribution is -0.383. The zero-order valence-corrected chi connectivity index (χ0v) is 16.9. The van der Waals surface area contributed by atoms with E-state index < -0.39 is 27.1 Å². The minimum absolute atomic E-state index is 0.0779. The van der Waals surface area contributed by atoms with Gasteiger partial charge >= 0.3 is 0 Å². The van der Waals surface area contributed by atoms with Crippen LogP contribution in [-0.4, -0.2) is 25.1 Å². The van der Waals surface area contributed by atoms with Gasteiger partial charge in [-0.1, -0.05) is 6.07 Å². The summed E-state index contributed by atoms with van der Waals surface area (Å²) in [6, 6.07) is 4.91. The summed E-state index contributed by atoms with van der Waals surface area (Å²) in [7, 11) is 0. The summed E-state index contributed by atoms with van der Waals surface area (Å²) in [6.45, 7) is 0. The van der Waals surface area contributed by atoms with E-state index in [2.05, 4.69) is 41.8 Å². The van der Waals surface area contributed by atoms with E-state index in [9.17, 15) is 29.9 Å². The topological polar surface area (TPSA) is 146 Å². The highest BCUT2D eigenvalue weighted by molar-refractivity contribution is 9.11. The highest BCUT2D eigenvalue weighted by Gasteiger charge is 2.20. The molecule has 138 valence electrons. The van der Waals surface area contributed by atoms with Crippen LogP contribution in [0.15, 0.2) is 52.9 Å². The lowest BCUT2D eigenvalue weighted by Gasteiger charge is -2.08. The molecule has 0 aliphatic carbocycles. The highest BCUT2D eigenvalue weighted by atomic mass is 79.9. The Morgan fingerprint density at radius 3 is 2.59 bits per heavy atom. The molecule has 12 heteroatoms. The largest absolute Gasteiger partial charge is 0.507 e. The van der Waals surface area contributed by atoms with E-state index >= 15 is 0 Å². The van der Waals surface area contributed by atoms with Crippen molar-refractivity contribution in [2.45, 2.75) is 10.1 Å². The number of aromatic hydroxyl groups is 2. The molecule has 0 atom stereocenters. The van der Waals surface area contributed by atoms with Gasteiger partial charge in [0.1, 0.15) is 16.9 Å². The Hall–Kier alpha value is -2.44. The van der Waals surface area contributed by atoms with E-state index in [4.69, 9.17) is 0 Å². The van der Waals surface area contributed by atoms with Crippen LogP contribution in [0.25, 0.3) is 10.8 Å². The second-order valence-electron chi connectivity index (χ2n) is 5.10. The van der Waals surface area contributed by atoms with Gasteiger partial charge in [-0.25, -0.2) is 0 Å². The molecule has 1 aromatic heterocycles. The summed E-state index contributed by atoms with van der Waals surface area (Å²) in [5.74, 6) is -0.463. The van der Waals surface area contributed by atoms with Crippen LogP contribution >= 0.6 is 43.6 Å². The quantitative estimate of drug-likeness (QED) is 0.273. The third kappa shape index (κ3) is 3.55. The molecule has 0 fully saturated rings.